The smallest absolute Gasteiger partial charge is 0.338 e. The second kappa shape index (κ2) is 5.39. The van der Waals surface area contributed by atoms with Crippen molar-refractivity contribution in [2.24, 2.45) is 0 Å². The Morgan fingerprint density at radius 3 is 2.59 bits per heavy atom. The molecule has 17 heavy (non-hydrogen) atoms. The first-order valence-corrected chi connectivity index (χ1v) is 4.98. The van der Waals surface area contributed by atoms with E-state index in [2.05, 4.69) is 4.74 Å². The number of methoxy groups -OCH3 is 1. The molecule has 0 fully saturated rings. The molecule has 0 aliphatic carbocycles. The van der Waals surface area contributed by atoms with Crippen molar-refractivity contribution in [3.8, 4) is 6.07 Å². The van der Waals surface area contributed by atoms with Crippen LogP contribution < -0.4 is 0 Å². The number of rotatable bonds is 3. The molecule has 0 saturated carbocycles. The van der Waals surface area contributed by atoms with Crippen molar-refractivity contribution in [2.45, 2.75) is 19.8 Å². The average molecular weight is 239 g/mol. The van der Waals surface area contributed by atoms with Gasteiger partial charge in [0.2, 0.25) is 0 Å². The normalized spacial score (nSPS) is 10.1. The number of hydrogen-bond donors (Lipinski definition) is 0. The summed E-state index contributed by atoms with van der Waals surface area (Å²) in [5.41, 5.74) is 0.0664. The van der Waals surface area contributed by atoms with Crippen LogP contribution in [0.3, 0.4) is 0 Å². The Morgan fingerprint density at radius 1 is 1.53 bits per heavy atom. The van der Waals surface area contributed by atoms with Gasteiger partial charge in [0.05, 0.1) is 24.3 Å². The lowest BCUT2D eigenvalue weighted by Gasteiger charge is -2.10. The van der Waals surface area contributed by atoms with Crippen LogP contribution in [0.2, 0.25) is 0 Å². The largest absolute Gasteiger partial charge is 0.465 e. The molecule has 0 radical (unpaired) electrons. The lowest BCUT2D eigenvalue weighted by molar-refractivity contribution is 0.0599. The van der Waals surface area contributed by atoms with Gasteiger partial charge in [-0.15, -0.1) is 0 Å². The molecule has 0 unspecified atom stereocenters. The molecule has 0 spiro atoms. The van der Waals surface area contributed by atoms with Gasteiger partial charge in [0.25, 0.3) is 6.43 Å². The first-order chi connectivity index (χ1) is 8.04. The fourth-order valence-electron chi connectivity index (χ4n) is 1.53. The quantitative estimate of drug-likeness (QED) is 0.762. The van der Waals surface area contributed by atoms with Gasteiger partial charge in [-0.05, 0) is 24.1 Å². The fourth-order valence-corrected chi connectivity index (χ4v) is 1.53. The summed E-state index contributed by atoms with van der Waals surface area (Å²) < 4.78 is 29.9. The number of nitriles is 1. The summed E-state index contributed by atoms with van der Waals surface area (Å²) in [6.45, 7) is 1.74. The van der Waals surface area contributed by atoms with Crippen LogP contribution in [-0.2, 0) is 11.2 Å². The second-order valence-corrected chi connectivity index (χ2v) is 3.35. The zero-order valence-corrected chi connectivity index (χ0v) is 9.46. The number of hydrogen-bond acceptors (Lipinski definition) is 3. The van der Waals surface area contributed by atoms with E-state index in [1.165, 1.54) is 13.2 Å². The number of carbonyl (C=O) groups is 1. The summed E-state index contributed by atoms with van der Waals surface area (Å²) in [4.78, 5) is 11.4. The topological polar surface area (TPSA) is 50.1 Å². The minimum atomic E-state index is -2.73. The number of benzene rings is 1. The summed E-state index contributed by atoms with van der Waals surface area (Å²) in [7, 11) is 1.20. The Hall–Kier alpha value is -1.96. The standard InChI is InChI=1S/C12H11F2NO2/c1-3-7-4-9(11(13)14)8(6-15)5-10(7)12(16)17-2/h4-5,11H,3H2,1-2H3. The van der Waals surface area contributed by atoms with E-state index in [1.54, 1.807) is 13.0 Å². The Bertz CT molecular complexity index is 478. The predicted molar refractivity (Wildman–Crippen MR) is 56.8 cm³/mol. The van der Waals surface area contributed by atoms with E-state index in [9.17, 15) is 13.6 Å². The molecule has 0 bridgehead atoms. The van der Waals surface area contributed by atoms with Crippen molar-refractivity contribution >= 4 is 5.97 Å². The molecule has 5 heteroatoms. The number of aryl methyl sites for hydroxylation is 1. The molecule has 0 heterocycles. The molecule has 3 nitrogen and oxygen atoms in total. The third-order valence-corrected chi connectivity index (χ3v) is 2.42. The number of nitrogens with zero attached hydrogens (tertiary/aromatic N) is 1. The van der Waals surface area contributed by atoms with Gasteiger partial charge in [-0.25, -0.2) is 13.6 Å². The lowest BCUT2D eigenvalue weighted by Crippen LogP contribution is -2.07. The number of carbonyl (C=O) groups excluding carboxylic acids is 1. The highest BCUT2D eigenvalue weighted by atomic mass is 19.3. The van der Waals surface area contributed by atoms with Crippen molar-refractivity contribution in [2.75, 3.05) is 7.11 Å². The van der Waals surface area contributed by atoms with E-state index in [0.29, 0.717) is 12.0 Å². The van der Waals surface area contributed by atoms with E-state index < -0.39 is 12.4 Å². The summed E-state index contributed by atoms with van der Waals surface area (Å²) >= 11 is 0. The maximum Gasteiger partial charge on any atom is 0.338 e. The third-order valence-electron chi connectivity index (χ3n) is 2.42. The Balaban J connectivity index is 3.44. The maximum atomic E-state index is 12.7. The summed E-state index contributed by atoms with van der Waals surface area (Å²) in [5, 5.41) is 8.77. The van der Waals surface area contributed by atoms with E-state index in [0.717, 1.165) is 6.07 Å². The Labute approximate surface area is 97.6 Å². The van der Waals surface area contributed by atoms with Crippen LogP contribution in [0.4, 0.5) is 8.78 Å². The molecule has 90 valence electrons. The van der Waals surface area contributed by atoms with E-state index in [4.69, 9.17) is 5.26 Å². The average Bonchev–Trinajstić information content (AvgIpc) is 2.35. The highest BCUT2D eigenvalue weighted by molar-refractivity contribution is 5.91. The molecule has 0 aliphatic rings. The zero-order chi connectivity index (χ0) is 13.0. The molecule has 1 rings (SSSR count). The van der Waals surface area contributed by atoms with Crippen LogP contribution in [0.1, 0.15) is 40.4 Å². The minimum absolute atomic E-state index is 0.163. The third kappa shape index (κ3) is 2.59. The van der Waals surface area contributed by atoms with Crippen molar-refractivity contribution in [3.05, 3.63) is 34.4 Å². The Morgan fingerprint density at radius 2 is 2.18 bits per heavy atom. The molecule has 0 amide bonds. The lowest BCUT2D eigenvalue weighted by atomic mass is 9.97. The van der Waals surface area contributed by atoms with Crippen molar-refractivity contribution in [1.82, 2.24) is 0 Å². The first kappa shape index (κ1) is 13.1. The molecule has 0 aliphatic heterocycles. The maximum absolute atomic E-state index is 12.7. The van der Waals surface area contributed by atoms with Crippen LogP contribution in [0.25, 0.3) is 0 Å². The van der Waals surface area contributed by atoms with E-state index >= 15 is 0 Å². The fraction of sp³-hybridized carbons (Fsp3) is 0.333. The SMILES string of the molecule is CCc1cc(C(F)F)c(C#N)cc1C(=O)OC. The number of ether oxygens (including phenoxy) is 1. The second-order valence-electron chi connectivity index (χ2n) is 3.35. The molecule has 1 aromatic carbocycles. The number of alkyl halides is 2. The highest BCUT2D eigenvalue weighted by Crippen LogP contribution is 2.26. The van der Waals surface area contributed by atoms with E-state index in [1.807, 2.05) is 0 Å². The molecular weight excluding hydrogens is 228 g/mol. The minimum Gasteiger partial charge on any atom is -0.465 e. The van der Waals surface area contributed by atoms with Crippen LogP contribution in [0, 0.1) is 11.3 Å². The predicted octanol–water partition coefficient (Wildman–Crippen LogP) is 2.84. The first-order valence-electron chi connectivity index (χ1n) is 4.98. The van der Waals surface area contributed by atoms with Crippen LogP contribution in [0.5, 0.6) is 0 Å². The van der Waals surface area contributed by atoms with Crippen molar-refractivity contribution in [3.63, 3.8) is 0 Å². The molecular formula is C12H11F2NO2. The summed E-state index contributed by atoms with van der Waals surface area (Å²) in [6, 6.07) is 4.01. The van der Waals surface area contributed by atoms with Gasteiger partial charge < -0.3 is 4.74 Å². The summed E-state index contributed by atoms with van der Waals surface area (Å²) in [5.74, 6) is -0.626. The Kier molecular flexibility index (Phi) is 4.16. The zero-order valence-electron chi connectivity index (χ0n) is 9.46. The van der Waals surface area contributed by atoms with Gasteiger partial charge in [0, 0.05) is 5.56 Å². The van der Waals surface area contributed by atoms with Gasteiger partial charge in [0.1, 0.15) is 0 Å². The van der Waals surface area contributed by atoms with Crippen LogP contribution in [-0.4, -0.2) is 13.1 Å². The molecule has 0 saturated heterocycles. The molecule has 0 atom stereocenters. The number of esters is 1. The molecule has 0 aromatic heterocycles. The van der Waals surface area contributed by atoms with Crippen molar-refractivity contribution in [1.29, 1.82) is 5.26 Å². The van der Waals surface area contributed by atoms with Gasteiger partial charge in [0.15, 0.2) is 0 Å². The van der Waals surface area contributed by atoms with Gasteiger partial charge >= 0.3 is 5.97 Å². The van der Waals surface area contributed by atoms with Gasteiger partial charge in [-0.3, -0.25) is 0 Å². The monoisotopic (exact) mass is 239 g/mol. The van der Waals surface area contributed by atoms with Gasteiger partial charge in [-0.2, -0.15) is 5.26 Å². The van der Waals surface area contributed by atoms with Crippen molar-refractivity contribution < 1.29 is 18.3 Å². The van der Waals surface area contributed by atoms with Crippen LogP contribution >= 0.6 is 0 Å². The van der Waals surface area contributed by atoms with Crippen LogP contribution in [0.15, 0.2) is 12.1 Å². The number of halogens is 2. The summed E-state index contributed by atoms with van der Waals surface area (Å²) in [6.07, 6.45) is -2.32. The van der Waals surface area contributed by atoms with E-state index in [-0.39, 0.29) is 16.7 Å². The highest BCUT2D eigenvalue weighted by Gasteiger charge is 2.19. The molecule has 1 aromatic rings. The molecule has 0 N–H and O–H groups in total. The van der Waals surface area contributed by atoms with Gasteiger partial charge in [-0.1, -0.05) is 6.92 Å².